The number of nitrogens with zero attached hydrogens (tertiary/aromatic N) is 2. The van der Waals surface area contributed by atoms with Crippen molar-refractivity contribution in [1.82, 2.24) is 15.5 Å². The number of hydrogen-bond donors (Lipinski definition) is 2. The second-order valence-electron chi connectivity index (χ2n) is 4.86. The standard InChI is InChI=1S/C16H20N4O/c1-3-15-14(8-11(2)19-20-15)16(21)18-10-13-7-5-4-6-12(13)9-17/h4-8H,3,9-10,17H2,1-2H3,(H,18,21). The van der Waals surface area contributed by atoms with Crippen molar-refractivity contribution in [2.24, 2.45) is 5.73 Å². The molecule has 0 bridgehead atoms. The van der Waals surface area contributed by atoms with Crippen LogP contribution in [-0.2, 0) is 19.5 Å². The molecule has 2 aromatic rings. The van der Waals surface area contributed by atoms with Crippen LogP contribution in [0.1, 0.15) is 39.8 Å². The van der Waals surface area contributed by atoms with Gasteiger partial charge in [-0.2, -0.15) is 10.2 Å². The lowest BCUT2D eigenvalue weighted by Crippen LogP contribution is -2.25. The summed E-state index contributed by atoms with van der Waals surface area (Å²) in [6, 6.07) is 9.60. The number of hydrogen-bond acceptors (Lipinski definition) is 4. The Balaban J connectivity index is 2.13. The van der Waals surface area contributed by atoms with E-state index in [2.05, 4.69) is 15.5 Å². The number of aromatic nitrogens is 2. The maximum atomic E-state index is 12.3. The summed E-state index contributed by atoms with van der Waals surface area (Å²) in [5.74, 6) is -0.128. The summed E-state index contributed by atoms with van der Waals surface area (Å²) in [4.78, 5) is 12.3. The zero-order valence-corrected chi connectivity index (χ0v) is 12.4. The van der Waals surface area contributed by atoms with Gasteiger partial charge in [0.25, 0.3) is 5.91 Å². The van der Waals surface area contributed by atoms with Gasteiger partial charge in [0.05, 0.1) is 17.0 Å². The highest BCUT2D eigenvalue weighted by molar-refractivity contribution is 5.95. The van der Waals surface area contributed by atoms with E-state index >= 15 is 0 Å². The smallest absolute Gasteiger partial charge is 0.253 e. The number of benzene rings is 1. The molecule has 110 valence electrons. The number of nitrogens with one attached hydrogen (secondary N) is 1. The average Bonchev–Trinajstić information content (AvgIpc) is 2.52. The molecule has 0 saturated carbocycles. The first kappa shape index (κ1) is 15.1. The van der Waals surface area contributed by atoms with Gasteiger partial charge in [0, 0.05) is 13.1 Å². The number of carbonyl (C=O) groups excluding carboxylic acids is 1. The summed E-state index contributed by atoms with van der Waals surface area (Å²) >= 11 is 0. The Bertz CT molecular complexity index is 640. The summed E-state index contributed by atoms with van der Waals surface area (Å²) in [6.07, 6.45) is 0.676. The van der Waals surface area contributed by atoms with Gasteiger partial charge in [0.15, 0.2) is 0 Å². The van der Waals surface area contributed by atoms with Crippen LogP contribution in [0.2, 0.25) is 0 Å². The minimum Gasteiger partial charge on any atom is -0.348 e. The van der Waals surface area contributed by atoms with Crippen molar-refractivity contribution in [3.8, 4) is 0 Å². The van der Waals surface area contributed by atoms with Gasteiger partial charge < -0.3 is 11.1 Å². The van der Waals surface area contributed by atoms with E-state index in [-0.39, 0.29) is 5.91 Å². The normalized spacial score (nSPS) is 10.4. The SMILES string of the molecule is CCc1nnc(C)cc1C(=O)NCc1ccccc1CN. The lowest BCUT2D eigenvalue weighted by molar-refractivity contribution is 0.0949. The minimum absolute atomic E-state index is 0.128. The maximum absolute atomic E-state index is 12.3. The van der Waals surface area contributed by atoms with E-state index in [1.54, 1.807) is 6.07 Å². The van der Waals surface area contributed by atoms with E-state index in [1.165, 1.54) is 0 Å². The molecule has 0 fully saturated rings. The Morgan fingerprint density at radius 3 is 2.62 bits per heavy atom. The van der Waals surface area contributed by atoms with Crippen LogP contribution < -0.4 is 11.1 Å². The molecule has 0 atom stereocenters. The molecule has 0 spiro atoms. The van der Waals surface area contributed by atoms with Crippen LogP contribution in [0.3, 0.4) is 0 Å². The zero-order chi connectivity index (χ0) is 15.2. The van der Waals surface area contributed by atoms with Crippen molar-refractivity contribution < 1.29 is 4.79 Å². The fourth-order valence-electron chi connectivity index (χ4n) is 2.17. The predicted octanol–water partition coefficient (Wildman–Crippen LogP) is 1.74. The Kier molecular flexibility index (Phi) is 5.00. The molecule has 1 heterocycles. The van der Waals surface area contributed by atoms with Gasteiger partial charge in [0.1, 0.15) is 0 Å². The molecule has 5 heteroatoms. The largest absolute Gasteiger partial charge is 0.348 e. The van der Waals surface area contributed by atoms with Gasteiger partial charge in [-0.05, 0) is 30.5 Å². The molecule has 21 heavy (non-hydrogen) atoms. The lowest BCUT2D eigenvalue weighted by Gasteiger charge is -2.11. The highest BCUT2D eigenvalue weighted by Crippen LogP contribution is 2.10. The summed E-state index contributed by atoms with van der Waals surface area (Å²) in [5, 5.41) is 11.0. The molecule has 5 nitrogen and oxygen atoms in total. The van der Waals surface area contributed by atoms with Gasteiger partial charge >= 0.3 is 0 Å². The first-order valence-electron chi connectivity index (χ1n) is 7.04. The third-order valence-corrected chi connectivity index (χ3v) is 3.35. The molecule has 0 aliphatic heterocycles. The van der Waals surface area contributed by atoms with E-state index in [0.717, 1.165) is 16.8 Å². The minimum atomic E-state index is -0.128. The molecule has 3 N–H and O–H groups in total. The second-order valence-corrected chi connectivity index (χ2v) is 4.86. The van der Waals surface area contributed by atoms with Gasteiger partial charge in [-0.25, -0.2) is 0 Å². The monoisotopic (exact) mass is 284 g/mol. The highest BCUT2D eigenvalue weighted by Gasteiger charge is 2.13. The quantitative estimate of drug-likeness (QED) is 0.876. The Hall–Kier alpha value is -2.27. The topological polar surface area (TPSA) is 80.9 Å². The van der Waals surface area contributed by atoms with Crippen LogP contribution >= 0.6 is 0 Å². The molecule has 1 aromatic carbocycles. The Morgan fingerprint density at radius 1 is 1.24 bits per heavy atom. The summed E-state index contributed by atoms with van der Waals surface area (Å²) in [6.45, 7) is 4.70. The van der Waals surface area contributed by atoms with Crippen molar-refractivity contribution in [2.75, 3.05) is 0 Å². The second kappa shape index (κ2) is 6.95. The third-order valence-electron chi connectivity index (χ3n) is 3.35. The number of rotatable bonds is 5. The fourth-order valence-corrected chi connectivity index (χ4v) is 2.17. The maximum Gasteiger partial charge on any atom is 0.253 e. The van der Waals surface area contributed by atoms with Crippen molar-refractivity contribution in [1.29, 1.82) is 0 Å². The van der Waals surface area contributed by atoms with Crippen molar-refractivity contribution in [3.05, 3.63) is 58.4 Å². The van der Waals surface area contributed by atoms with Crippen LogP contribution in [0.4, 0.5) is 0 Å². The number of aryl methyl sites for hydroxylation is 2. The van der Waals surface area contributed by atoms with E-state index in [1.807, 2.05) is 38.1 Å². The highest BCUT2D eigenvalue weighted by atomic mass is 16.1. The Labute approximate surface area is 124 Å². The van der Waals surface area contributed by atoms with Gasteiger partial charge in [-0.15, -0.1) is 0 Å². The summed E-state index contributed by atoms with van der Waals surface area (Å²) < 4.78 is 0. The van der Waals surface area contributed by atoms with E-state index in [0.29, 0.717) is 30.8 Å². The first-order valence-corrected chi connectivity index (χ1v) is 7.04. The zero-order valence-electron chi connectivity index (χ0n) is 12.4. The van der Waals surface area contributed by atoms with E-state index in [4.69, 9.17) is 5.73 Å². The third kappa shape index (κ3) is 3.64. The first-order chi connectivity index (χ1) is 10.2. The van der Waals surface area contributed by atoms with E-state index in [9.17, 15) is 4.79 Å². The van der Waals surface area contributed by atoms with Crippen LogP contribution in [0.5, 0.6) is 0 Å². The summed E-state index contributed by atoms with van der Waals surface area (Å²) in [7, 11) is 0. The molecule has 1 aromatic heterocycles. The van der Waals surface area contributed by atoms with Gasteiger partial charge in [0.2, 0.25) is 0 Å². The molecular formula is C16H20N4O. The van der Waals surface area contributed by atoms with Gasteiger partial charge in [-0.3, -0.25) is 4.79 Å². The molecule has 2 rings (SSSR count). The fraction of sp³-hybridized carbons (Fsp3) is 0.312. The number of amides is 1. The van der Waals surface area contributed by atoms with Gasteiger partial charge in [-0.1, -0.05) is 31.2 Å². The molecule has 0 aliphatic rings. The number of carbonyl (C=O) groups is 1. The number of nitrogens with two attached hydrogens (primary N) is 1. The molecule has 1 amide bonds. The predicted molar refractivity (Wildman–Crippen MR) is 81.7 cm³/mol. The lowest BCUT2D eigenvalue weighted by atomic mass is 10.1. The molecule has 0 radical (unpaired) electrons. The summed E-state index contributed by atoms with van der Waals surface area (Å²) in [5.41, 5.74) is 9.82. The van der Waals surface area contributed by atoms with E-state index < -0.39 is 0 Å². The van der Waals surface area contributed by atoms with Crippen LogP contribution in [-0.4, -0.2) is 16.1 Å². The molecule has 0 unspecified atom stereocenters. The van der Waals surface area contributed by atoms with Crippen LogP contribution in [0, 0.1) is 6.92 Å². The van der Waals surface area contributed by atoms with Crippen LogP contribution in [0.15, 0.2) is 30.3 Å². The molecular weight excluding hydrogens is 264 g/mol. The van der Waals surface area contributed by atoms with Crippen LogP contribution in [0.25, 0.3) is 0 Å². The van der Waals surface area contributed by atoms with Crippen molar-refractivity contribution in [2.45, 2.75) is 33.4 Å². The molecule has 0 aliphatic carbocycles. The van der Waals surface area contributed by atoms with Crippen molar-refractivity contribution in [3.63, 3.8) is 0 Å². The Morgan fingerprint density at radius 2 is 1.95 bits per heavy atom. The van der Waals surface area contributed by atoms with Crippen molar-refractivity contribution >= 4 is 5.91 Å². The molecule has 0 saturated heterocycles. The average molecular weight is 284 g/mol.